The van der Waals surface area contributed by atoms with E-state index < -0.39 is 9.84 Å². The van der Waals surface area contributed by atoms with Crippen molar-refractivity contribution >= 4 is 37.2 Å². The van der Waals surface area contributed by atoms with Crippen LogP contribution in [-0.2, 0) is 9.84 Å². The van der Waals surface area contributed by atoms with Gasteiger partial charge in [-0.1, -0.05) is 29.8 Å². The molecule has 1 aromatic carbocycles. The lowest BCUT2D eigenvalue weighted by Crippen LogP contribution is -2.51. The van der Waals surface area contributed by atoms with Gasteiger partial charge in [-0.05, 0) is 18.9 Å². The number of rotatable bonds is 3. The van der Waals surface area contributed by atoms with Crippen molar-refractivity contribution in [3.63, 3.8) is 0 Å². The van der Waals surface area contributed by atoms with Crippen LogP contribution in [0.1, 0.15) is 12.0 Å². The predicted molar refractivity (Wildman–Crippen MR) is 118 cm³/mol. The Kier molecular flexibility index (Phi) is 4.80. The molecule has 1 atom stereocenters. The average Bonchev–Trinajstić information content (AvgIpc) is 3.32. The molecule has 0 spiro atoms. The van der Waals surface area contributed by atoms with Crippen molar-refractivity contribution < 1.29 is 8.42 Å². The van der Waals surface area contributed by atoms with Gasteiger partial charge in [0.05, 0.1) is 16.9 Å². The van der Waals surface area contributed by atoms with Gasteiger partial charge in [0.15, 0.2) is 9.84 Å². The first kappa shape index (κ1) is 19.0. The van der Waals surface area contributed by atoms with Crippen molar-refractivity contribution in [3.8, 4) is 11.1 Å². The van der Waals surface area contributed by atoms with E-state index in [9.17, 15) is 8.42 Å². The first-order chi connectivity index (χ1) is 14.0. The molecule has 0 N–H and O–H groups in total. The van der Waals surface area contributed by atoms with Crippen LogP contribution in [0.4, 0.5) is 5.82 Å². The van der Waals surface area contributed by atoms with E-state index in [1.54, 1.807) is 17.7 Å². The van der Waals surface area contributed by atoms with Crippen LogP contribution < -0.4 is 4.90 Å². The van der Waals surface area contributed by atoms with Crippen LogP contribution >= 0.6 is 11.3 Å². The Morgan fingerprint density at radius 2 is 1.83 bits per heavy atom. The Morgan fingerprint density at radius 3 is 2.52 bits per heavy atom. The molecule has 0 aliphatic carbocycles. The number of aryl methyl sites for hydroxylation is 1. The Labute approximate surface area is 175 Å². The molecule has 0 amide bonds. The van der Waals surface area contributed by atoms with Crippen LogP contribution in [0.15, 0.2) is 36.0 Å². The molecule has 8 heteroatoms. The van der Waals surface area contributed by atoms with Crippen molar-refractivity contribution in [1.29, 1.82) is 0 Å². The number of benzene rings is 1. The predicted octanol–water partition coefficient (Wildman–Crippen LogP) is 2.98. The molecule has 152 valence electrons. The molecular formula is C21H24N4O2S2. The summed E-state index contributed by atoms with van der Waals surface area (Å²) in [4.78, 5) is 14.8. The molecule has 6 nitrogen and oxygen atoms in total. The number of anilines is 1. The molecule has 2 aliphatic heterocycles. The summed E-state index contributed by atoms with van der Waals surface area (Å²) in [5.74, 6) is 1.64. The second-order valence-corrected chi connectivity index (χ2v) is 11.1. The number of nitrogens with zero attached hydrogens (tertiary/aromatic N) is 4. The van der Waals surface area contributed by atoms with Gasteiger partial charge in [0.25, 0.3) is 0 Å². The number of piperazine rings is 1. The van der Waals surface area contributed by atoms with Crippen LogP contribution in [0.25, 0.3) is 21.3 Å². The molecule has 0 saturated carbocycles. The molecule has 0 radical (unpaired) electrons. The molecule has 1 unspecified atom stereocenters. The lowest BCUT2D eigenvalue weighted by atomic mass is 10.0. The second kappa shape index (κ2) is 7.34. The summed E-state index contributed by atoms with van der Waals surface area (Å²) < 4.78 is 23.7. The number of aromatic nitrogens is 2. The third-order valence-electron chi connectivity index (χ3n) is 6.05. The van der Waals surface area contributed by atoms with Crippen molar-refractivity contribution in [2.45, 2.75) is 19.4 Å². The number of hydrogen-bond acceptors (Lipinski definition) is 7. The van der Waals surface area contributed by atoms with Crippen molar-refractivity contribution in [2.75, 3.05) is 42.6 Å². The van der Waals surface area contributed by atoms with E-state index in [0.29, 0.717) is 11.5 Å². The van der Waals surface area contributed by atoms with Crippen molar-refractivity contribution in [3.05, 3.63) is 41.5 Å². The third-order valence-corrected chi connectivity index (χ3v) is 8.69. The van der Waals surface area contributed by atoms with E-state index in [1.807, 2.05) is 0 Å². The van der Waals surface area contributed by atoms with Crippen LogP contribution in [0.2, 0.25) is 0 Å². The van der Waals surface area contributed by atoms with E-state index in [2.05, 4.69) is 56.3 Å². The third kappa shape index (κ3) is 3.65. The second-order valence-electron chi connectivity index (χ2n) is 7.97. The molecule has 29 heavy (non-hydrogen) atoms. The Balaban J connectivity index is 1.41. The van der Waals surface area contributed by atoms with E-state index >= 15 is 0 Å². The number of hydrogen-bond donors (Lipinski definition) is 0. The maximum Gasteiger partial charge on any atom is 0.151 e. The Hall–Kier alpha value is -2.03. The van der Waals surface area contributed by atoms with Gasteiger partial charge in [-0.15, -0.1) is 11.3 Å². The van der Waals surface area contributed by atoms with Crippen molar-refractivity contribution in [2.24, 2.45) is 0 Å². The van der Waals surface area contributed by atoms with Crippen LogP contribution in [0, 0.1) is 6.92 Å². The monoisotopic (exact) mass is 428 g/mol. The van der Waals surface area contributed by atoms with Crippen molar-refractivity contribution in [1.82, 2.24) is 14.9 Å². The molecule has 2 fully saturated rings. The fourth-order valence-electron chi connectivity index (χ4n) is 4.41. The van der Waals surface area contributed by atoms with E-state index in [0.717, 1.165) is 48.6 Å². The van der Waals surface area contributed by atoms with Gasteiger partial charge in [0.1, 0.15) is 17.0 Å². The lowest BCUT2D eigenvalue weighted by Gasteiger charge is -2.38. The maximum atomic E-state index is 11.8. The minimum atomic E-state index is -2.85. The Morgan fingerprint density at radius 1 is 1.07 bits per heavy atom. The average molecular weight is 429 g/mol. The molecule has 2 aliphatic rings. The minimum absolute atomic E-state index is 0.178. The fraction of sp³-hybridized carbons (Fsp3) is 0.429. The Bertz CT molecular complexity index is 1130. The smallest absolute Gasteiger partial charge is 0.151 e. The highest BCUT2D eigenvalue weighted by atomic mass is 32.2. The van der Waals surface area contributed by atoms with Gasteiger partial charge >= 0.3 is 0 Å². The first-order valence-corrected chi connectivity index (χ1v) is 12.7. The highest BCUT2D eigenvalue weighted by molar-refractivity contribution is 7.91. The van der Waals surface area contributed by atoms with Gasteiger partial charge in [0, 0.05) is 43.2 Å². The fourth-order valence-corrected chi connectivity index (χ4v) is 7.08. The topological polar surface area (TPSA) is 66.4 Å². The molecule has 3 aromatic rings. The first-order valence-electron chi connectivity index (χ1n) is 9.99. The zero-order valence-electron chi connectivity index (χ0n) is 16.4. The zero-order chi connectivity index (χ0) is 20.0. The molecule has 0 bridgehead atoms. The number of thiophene rings is 1. The summed E-state index contributed by atoms with van der Waals surface area (Å²) in [7, 11) is -2.85. The number of sulfone groups is 1. The van der Waals surface area contributed by atoms with Gasteiger partial charge in [-0.3, -0.25) is 4.90 Å². The summed E-state index contributed by atoms with van der Waals surface area (Å²) >= 11 is 1.66. The SMILES string of the molecule is Cc1ccc(-c2csc3ncnc(N4CCN(C5CCS(=O)(=O)C5)CC4)c23)cc1. The molecule has 5 rings (SSSR count). The molecule has 2 aromatic heterocycles. The lowest BCUT2D eigenvalue weighted by molar-refractivity contribution is 0.200. The van der Waals surface area contributed by atoms with E-state index in [-0.39, 0.29) is 6.04 Å². The summed E-state index contributed by atoms with van der Waals surface area (Å²) in [6.45, 7) is 5.54. The summed E-state index contributed by atoms with van der Waals surface area (Å²) in [5.41, 5.74) is 3.62. The quantitative estimate of drug-likeness (QED) is 0.639. The summed E-state index contributed by atoms with van der Waals surface area (Å²) in [6.07, 6.45) is 2.42. The van der Waals surface area contributed by atoms with E-state index in [1.165, 1.54) is 16.7 Å². The highest BCUT2D eigenvalue weighted by Crippen LogP contribution is 2.38. The van der Waals surface area contributed by atoms with Gasteiger partial charge < -0.3 is 4.90 Å². The van der Waals surface area contributed by atoms with Crippen LogP contribution in [0.3, 0.4) is 0 Å². The zero-order valence-corrected chi connectivity index (χ0v) is 18.0. The van der Waals surface area contributed by atoms with Gasteiger partial charge in [0.2, 0.25) is 0 Å². The minimum Gasteiger partial charge on any atom is -0.353 e. The normalized spacial score (nSPS) is 22.4. The number of fused-ring (bicyclic) bond motifs is 1. The standard InChI is InChI=1S/C21H24N4O2S2/c1-15-2-4-16(5-3-15)18-12-28-21-19(18)20(22-14-23-21)25-9-7-24(8-10-25)17-6-11-29(26,27)13-17/h2-5,12,14,17H,6-11,13H2,1H3. The molecule has 4 heterocycles. The molecular weight excluding hydrogens is 404 g/mol. The summed E-state index contributed by atoms with van der Waals surface area (Å²) in [6, 6.07) is 8.77. The molecule has 2 saturated heterocycles. The van der Waals surface area contributed by atoms with Gasteiger partial charge in [-0.2, -0.15) is 0 Å². The maximum absolute atomic E-state index is 11.8. The van der Waals surface area contributed by atoms with E-state index in [4.69, 9.17) is 0 Å². The highest BCUT2D eigenvalue weighted by Gasteiger charge is 2.34. The van der Waals surface area contributed by atoms with Gasteiger partial charge in [-0.25, -0.2) is 18.4 Å². The largest absolute Gasteiger partial charge is 0.353 e. The van der Waals surface area contributed by atoms with Crippen LogP contribution in [0.5, 0.6) is 0 Å². The van der Waals surface area contributed by atoms with Crippen LogP contribution in [-0.4, -0.2) is 67.0 Å². The summed E-state index contributed by atoms with van der Waals surface area (Å²) in [5, 5.41) is 3.30.